The number of rotatable bonds is 9. The third kappa shape index (κ3) is 6.82. The Hall–Kier alpha value is -2.91. The van der Waals surface area contributed by atoms with Crippen molar-refractivity contribution in [1.29, 1.82) is 0 Å². The standard InChI is InChI=1S/C26H35N3O5S/c1-5-34-26(31)21-12-9-15-29(17-21)23-14-13-22(27-25(30)18(2)3)16-24(23)35(32,33)28-19(4)20-10-7-6-8-11-20/h6-8,10-11,13-14,16,18-19,21,28H,5,9,12,15,17H2,1-4H3,(H,27,30)/t19-,21+/m0/s1. The van der Waals surface area contributed by atoms with Crippen molar-refractivity contribution in [3.63, 3.8) is 0 Å². The third-order valence-corrected chi connectivity index (χ3v) is 7.62. The molecule has 2 atom stereocenters. The van der Waals surface area contributed by atoms with E-state index in [4.69, 9.17) is 4.74 Å². The van der Waals surface area contributed by atoms with Crippen LogP contribution in [0.5, 0.6) is 0 Å². The molecule has 0 aliphatic carbocycles. The van der Waals surface area contributed by atoms with E-state index in [0.717, 1.165) is 12.0 Å². The maximum absolute atomic E-state index is 13.6. The van der Waals surface area contributed by atoms with Crippen LogP contribution in [0.3, 0.4) is 0 Å². The third-order valence-electron chi connectivity index (χ3n) is 6.05. The highest BCUT2D eigenvalue weighted by atomic mass is 32.2. The van der Waals surface area contributed by atoms with Crippen LogP contribution in [-0.4, -0.2) is 40.0 Å². The normalized spacial score (nSPS) is 17.2. The summed E-state index contributed by atoms with van der Waals surface area (Å²) >= 11 is 0. The average Bonchev–Trinajstić information content (AvgIpc) is 2.84. The van der Waals surface area contributed by atoms with Crippen molar-refractivity contribution in [2.24, 2.45) is 11.8 Å². The molecule has 1 fully saturated rings. The summed E-state index contributed by atoms with van der Waals surface area (Å²) in [5.74, 6) is -1.04. The van der Waals surface area contributed by atoms with Crippen molar-refractivity contribution in [2.75, 3.05) is 29.9 Å². The number of sulfonamides is 1. The van der Waals surface area contributed by atoms with Gasteiger partial charge in [0.1, 0.15) is 4.90 Å². The predicted octanol–water partition coefficient (Wildman–Crippen LogP) is 4.10. The van der Waals surface area contributed by atoms with Crippen LogP contribution >= 0.6 is 0 Å². The van der Waals surface area contributed by atoms with Gasteiger partial charge in [-0.2, -0.15) is 0 Å². The van der Waals surface area contributed by atoms with Crippen LogP contribution in [0.1, 0.15) is 52.1 Å². The second kappa shape index (κ2) is 11.7. The average molecular weight is 502 g/mol. The second-order valence-corrected chi connectivity index (χ2v) is 10.8. The monoisotopic (exact) mass is 501 g/mol. The summed E-state index contributed by atoms with van der Waals surface area (Å²) < 4.78 is 35.2. The quantitative estimate of drug-likeness (QED) is 0.501. The molecule has 3 rings (SSSR count). The topological polar surface area (TPSA) is 105 Å². The summed E-state index contributed by atoms with van der Waals surface area (Å²) in [7, 11) is -3.97. The highest BCUT2D eigenvalue weighted by Gasteiger charge is 2.31. The molecule has 2 aromatic carbocycles. The first-order chi connectivity index (χ1) is 16.6. The van der Waals surface area contributed by atoms with E-state index in [2.05, 4.69) is 10.0 Å². The minimum absolute atomic E-state index is 0.0614. The molecule has 1 heterocycles. The number of nitrogens with one attached hydrogen (secondary N) is 2. The van der Waals surface area contributed by atoms with Crippen LogP contribution in [0.4, 0.5) is 11.4 Å². The summed E-state index contributed by atoms with van der Waals surface area (Å²) in [6.45, 7) is 8.39. The van der Waals surface area contributed by atoms with E-state index in [9.17, 15) is 18.0 Å². The van der Waals surface area contributed by atoms with E-state index in [0.29, 0.717) is 37.5 Å². The van der Waals surface area contributed by atoms with Gasteiger partial charge in [0, 0.05) is 30.7 Å². The number of hydrogen-bond donors (Lipinski definition) is 2. The van der Waals surface area contributed by atoms with Gasteiger partial charge in [-0.05, 0) is 50.5 Å². The predicted molar refractivity (Wildman–Crippen MR) is 137 cm³/mol. The van der Waals surface area contributed by atoms with Gasteiger partial charge in [0.05, 0.1) is 18.2 Å². The highest BCUT2D eigenvalue weighted by Crippen LogP contribution is 2.33. The number of carbonyl (C=O) groups excluding carboxylic acids is 2. The lowest BCUT2D eigenvalue weighted by Gasteiger charge is -2.34. The molecule has 0 saturated carbocycles. The molecule has 1 saturated heterocycles. The lowest BCUT2D eigenvalue weighted by atomic mass is 9.97. The molecular formula is C26H35N3O5S. The molecule has 1 aliphatic rings. The van der Waals surface area contributed by atoms with Gasteiger partial charge in [0.2, 0.25) is 15.9 Å². The van der Waals surface area contributed by atoms with Gasteiger partial charge in [0.15, 0.2) is 0 Å². The number of anilines is 2. The summed E-state index contributed by atoms with van der Waals surface area (Å²) in [6, 6.07) is 13.7. The maximum atomic E-state index is 13.6. The van der Waals surface area contributed by atoms with Crippen LogP contribution in [0.2, 0.25) is 0 Å². The van der Waals surface area contributed by atoms with Gasteiger partial charge in [0.25, 0.3) is 0 Å². The minimum atomic E-state index is -3.97. The van der Waals surface area contributed by atoms with Crippen molar-refractivity contribution >= 4 is 33.3 Å². The number of ether oxygens (including phenoxy) is 1. The highest BCUT2D eigenvalue weighted by molar-refractivity contribution is 7.89. The van der Waals surface area contributed by atoms with Gasteiger partial charge in [-0.1, -0.05) is 44.2 Å². The lowest BCUT2D eigenvalue weighted by Crippen LogP contribution is -2.40. The molecule has 1 aliphatic heterocycles. The van der Waals surface area contributed by atoms with Gasteiger partial charge in [-0.15, -0.1) is 0 Å². The molecule has 190 valence electrons. The van der Waals surface area contributed by atoms with Crippen molar-refractivity contribution in [1.82, 2.24) is 4.72 Å². The summed E-state index contributed by atoms with van der Waals surface area (Å²) in [5, 5.41) is 2.79. The molecule has 35 heavy (non-hydrogen) atoms. The first-order valence-corrected chi connectivity index (χ1v) is 13.5. The largest absolute Gasteiger partial charge is 0.466 e. The fourth-order valence-electron chi connectivity index (χ4n) is 4.11. The van der Waals surface area contributed by atoms with E-state index in [1.807, 2.05) is 35.2 Å². The van der Waals surface area contributed by atoms with E-state index < -0.39 is 16.1 Å². The Balaban J connectivity index is 1.97. The maximum Gasteiger partial charge on any atom is 0.310 e. The van der Waals surface area contributed by atoms with Crippen LogP contribution in [-0.2, 0) is 24.3 Å². The van der Waals surface area contributed by atoms with E-state index in [1.165, 1.54) is 6.07 Å². The Kier molecular flexibility index (Phi) is 8.91. The number of amides is 1. The van der Waals surface area contributed by atoms with Gasteiger partial charge >= 0.3 is 5.97 Å². The Morgan fingerprint density at radius 1 is 1.11 bits per heavy atom. The number of hydrogen-bond acceptors (Lipinski definition) is 6. The minimum Gasteiger partial charge on any atom is -0.466 e. The van der Waals surface area contributed by atoms with E-state index >= 15 is 0 Å². The number of esters is 1. The SMILES string of the molecule is CCOC(=O)[C@@H]1CCCN(c2ccc(NC(=O)C(C)C)cc2S(=O)(=O)N[C@@H](C)c2ccccc2)C1. The van der Waals surface area contributed by atoms with Gasteiger partial charge < -0.3 is 15.0 Å². The van der Waals surface area contributed by atoms with Crippen molar-refractivity contribution in [3.8, 4) is 0 Å². The molecule has 2 N–H and O–H groups in total. The Bertz CT molecular complexity index is 1130. The zero-order chi connectivity index (χ0) is 25.6. The fraction of sp³-hybridized carbons (Fsp3) is 0.462. The molecule has 0 unspecified atom stereocenters. The Morgan fingerprint density at radius 3 is 2.49 bits per heavy atom. The molecule has 0 aromatic heterocycles. The number of nitrogens with zero attached hydrogens (tertiary/aromatic N) is 1. The molecule has 0 spiro atoms. The van der Waals surface area contributed by atoms with Crippen LogP contribution < -0.4 is 14.9 Å². The second-order valence-electron chi connectivity index (χ2n) is 9.12. The summed E-state index contributed by atoms with van der Waals surface area (Å²) in [5.41, 5.74) is 1.73. The molecule has 8 nitrogen and oxygen atoms in total. The molecule has 0 radical (unpaired) electrons. The molecule has 9 heteroatoms. The van der Waals surface area contributed by atoms with Crippen molar-refractivity contribution in [2.45, 2.75) is 51.5 Å². The lowest BCUT2D eigenvalue weighted by molar-refractivity contribution is -0.148. The van der Waals surface area contributed by atoms with Gasteiger partial charge in [-0.3, -0.25) is 9.59 Å². The summed E-state index contributed by atoms with van der Waals surface area (Å²) in [4.78, 5) is 26.6. The first kappa shape index (κ1) is 26.7. The molecule has 2 aromatic rings. The summed E-state index contributed by atoms with van der Waals surface area (Å²) in [6.07, 6.45) is 1.44. The first-order valence-electron chi connectivity index (χ1n) is 12.1. The van der Waals surface area contributed by atoms with E-state index in [-0.39, 0.29) is 28.6 Å². The smallest absolute Gasteiger partial charge is 0.310 e. The van der Waals surface area contributed by atoms with Crippen LogP contribution in [0, 0.1) is 11.8 Å². The number of benzene rings is 2. The molecule has 0 bridgehead atoms. The fourth-order valence-corrected chi connectivity index (χ4v) is 5.59. The van der Waals surface area contributed by atoms with Crippen LogP contribution in [0.15, 0.2) is 53.4 Å². The Morgan fingerprint density at radius 2 is 1.83 bits per heavy atom. The van der Waals surface area contributed by atoms with Crippen molar-refractivity contribution in [3.05, 3.63) is 54.1 Å². The molecular weight excluding hydrogens is 466 g/mol. The zero-order valence-corrected chi connectivity index (χ0v) is 21.6. The van der Waals surface area contributed by atoms with Gasteiger partial charge in [-0.25, -0.2) is 13.1 Å². The Labute approximate surface area is 208 Å². The molecule has 1 amide bonds. The number of piperidine rings is 1. The number of carbonyl (C=O) groups is 2. The van der Waals surface area contributed by atoms with E-state index in [1.54, 1.807) is 39.8 Å². The van der Waals surface area contributed by atoms with Crippen molar-refractivity contribution < 1.29 is 22.7 Å². The zero-order valence-electron chi connectivity index (χ0n) is 20.8. The van der Waals surface area contributed by atoms with Crippen LogP contribution in [0.25, 0.3) is 0 Å².